The van der Waals surface area contributed by atoms with Crippen LogP contribution >= 0.6 is 0 Å². The molecule has 6 heteroatoms. The number of likely N-dealkylation sites (tertiary alicyclic amines) is 1. The van der Waals surface area contributed by atoms with Crippen molar-refractivity contribution in [1.29, 1.82) is 0 Å². The third kappa shape index (κ3) is 7.31. The first kappa shape index (κ1) is 24.7. The second-order valence-corrected chi connectivity index (χ2v) is 10.3. The SMILES string of the molecule is CC(C)(C)c1ccc(C(=O)N(CCCN2CCCCC2)CCC(=O)N2CCNCC2)cc1. The summed E-state index contributed by atoms with van der Waals surface area (Å²) in [7, 11) is 0. The van der Waals surface area contributed by atoms with Crippen molar-refractivity contribution in [3.63, 3.8) is 0 Å². The van der Waals surface area contributed by atoms with E-state index in [0.717, 1.165) is 39.1 Å². The van der Waals surface area contributed by atoms with Crippen LogP contribution in [0.5, 0.6) is 0 Å². The fourth-order valence-electron chi connectivity index (χ4n) is 4.58. The smallest absolute Gasteiger partial charge is 0.253 e. The zero-order valence-corrected chi connectivity index (χ0v) is 20.4. The molecule has 178 valence electrons. The normalized spacial score (nSPS) is 17.9. The zero-order chi connectivity index (χ0) is 23.0. The van der Waals surface area contributed by atoms with Gasteiger partial charge in [-0.1, -0.05) is 39.3 Å². The number of rotatable bonds is 8. The fraction of sp³-hybridized carbons (Fsp3) is 0.692. The van der Waals surface area contributed by atoms with E-state index in [1.807, 2.05) is 21.9 Å². The van der Waals surface area contributed by atoms with E-state index < -0.39 is 0 Å². The minimum Gasteiger partial charge on any atom is -0.340 e. The lowest BCUT2D eigenvalue weighted by Gasteiger charge is -2.30. The van der Waals surface area contributed by atoms with Crippen LogP contribution in [0.3, 0.4) is 0 Å². The second-order valence-electron chi connectivity index (χ2n) is 10.3. The average Bonchev–Trinajstić information content (AvgIpc) is 2.81. The quantitative estimate of drug-likeness (QED) is 0.672. The predicted molar refractivity (Wildman–Crippen MR) is 130 cm³/mol. The maximum Gasteiger partial charge on any atom is 0.253 e. The van der Waals surface area contributed by atoms with Gasteiger partial charge in [0.2, 0.25) is 5.91 Å². The average molecular weight is 443 g/mol. The van der Waals surface area contributed by atoms with Crippen LogP contribution in [-0.4, -0.2) is 85.4 Å². The van der Waals surface area contributed by atoms with Gasteiger partial charge in [-0.25, -0.2) is 0 Å². The van der Waals surface area contributed by atoms with Crippen molar-refractivity contribution >= 4 is 11.8 Å². The van der Waals surface area contributed by atoms with Crippen LogP contribution in [0.4, 0.5) is 0 Å². The highest BCUT2D eigenvalue weighted by Crippen LogP contribution is 2.22. The van der Waals surface area contributed by atoms with Crippen LogP contribution in [0.25, 0.3) is 0 Å². The number of amides is 2. The molecule has 0 aliphatic carbocycles. The standard InChI is InChI=1S/C26H42N4O2/c1-26(2,3)23-10-8-22(9-11-23)25(32)30(18-7-17-28-15-5-4-6-16-28)19-12-24(31)29-20-13-27-14-21-29/h8-11,27H,4-7,12-21H2,1-3H3. The van der Waals surface area contributed by atoms with Crippen LogP contribution < -0.4 is 5.32 Å². The number of nitrogens with zero attached hydrogens (tertiary/aromatic N) is 3. The molecule has 2 fully saturated rings. The molecule has 1 N–H and O–H groups in total. The lowest BCUT2D eigenvalue weighted by atomic mass is 9.86. The molecule has 0 atom stereocenters. The Morgan fingerprint density at radius 1 is 0.938 bits per heavy atom. The van der Waals surface area contributed by atoms with Crippen molar-refractivity contribution < 1.29 is 9.59 Å². The molecule has 0 spiro atoms. The predicted octanol–water partition coefficient (Wildman–Crippen LogP) is 3.12. The van der Waals surface area contributed by atoms with Crippen LogP contribution in [-0.2, 0) is 10.2 Å². The molecule has 2 amide bonds. The number of benzene rings is 1. The number of hydrogen-bond acceptors (Lipinski definition) is 4. The summed E-state index contributed by atoms with van der Waals surface area (Å²) in [6.07, 6.45) is 5.24. The van der Waals surface area contributed by atoms with E-state index in [0.29, 0.717) is 25.1 Å². The Morgan fingerprint density at radius 2 is 1.59 bits per heavy atom. The molecule has 2 aliphatic heterocycles. The summed E-state index contributed by atoms with van der Waals surface area (Å²) in [5.41, 5.74) is 2.00. The maximum atomic E-state index is 13.4. The monoisotopic (exact) mass is 442 g/mol. The van der Waals surface area contributed by atoms with Gasteiger partial charge in [-0.05, 0) is 62.0 Å². The van der Waals surface area contributed by atoms with E-state index in [9.17, 15) is 9.59 Å². The number of piperazine rings is 1. The molecular weight excluding hydrogens is 400 g/mol. The van der Waals surface area contributed by atoms with Crippen LogP contribution in [0.1, 0.15) is 68.8 Å². The molecule has 1 aromatic rings. The van der Waals surface area contributed by atoms with Gasteiger partial charge in [0.1, 0.15) is 0 Å². The number of carbonyl (C=O) groups excluding carboxylic acids is 2. The van der Waals surface area contributed by atoms with Crippen molar-refractivity contribution in [2.75, 3.05) is 58.9 Å². The Hall–Kier alpha value is -1.92. The molecular formula is C26H42N4O2. The number of hydrogen-bond donors (Lipinski definition) is 1. The molecule has 2 aliphatic rings. The minimum atomic E-state index is 0.0391. The Kier molecular flexibility index (Phi) is 9.11. The third-order valence-corrected chi connectivity index (χ3v) is 6.70. The molecule has 0 radical (unpaired) electrons. The summed E-state index contributed by atoms with van der Waals surface area (Å²) in [5.74, 6) is 0.195. The molecule has 32 heavy (non-hydrogen) atoms. The van der Waals surface area contributed by atoms with Crippen LogP contribution in [0.2, 0.25) is 0 Å². The highest BCUT2D eigenvalue weighted by Gasteiger charge is 2.22. The van der Waals surface area contributed by atoms with Gasteiger partial charge < -0.3 is 20.0 Å². The molecule has 2 heterocycles. The molecule has 0 saturated carbocycles. The molecule has 2 saturated heterocycles. The Balaban J connectivity index is 1.61. The first-order valence-corrected chi connectivity index (χ1v) is 12.5. The topological polar surface area (TPSA) is 55.9 Å². The highest BCUT2D eigenvalue weighted by molar-refractivity contribution is 5.94. The minimum absolute atomic E-state index is 0.0391. The van der Waals surface area contributed by atoms with E-state index in [-0.39, 0.29) is 17.2 Å². The van der Waals surface area contributed by atoms with E-state index in [4.69, 9.17) is 0 Å². The fourth-order valence-corrected chi connectivity index (χ4v) is 4.58. The van der Waals surface area contributed by atoms with Crippen molar-refractivity contribution in [3.8, 4) is 0 Å². The summed E-state index contributed by atoms with van der Waals surface area (Å²) in [6.45, 7) is 14.3. The second kappa shape index (κ2) is 11.8. The van der Waals surface area contributed by atoms with Gasteiger partial charge in [-0.15, -0.1) is 0 Å². The maximum absolute atomic E-state index is 13.4. The number of nitrogens with one attached hydrogen (secondary N) is 1. The molecule has 1 aromatic carbocycles. The van der Waals surface area contributed by atoms with Gasteiger partial charge in [-0.3, -0.25) is 9.59 Å². The van der Waals surface area contributed by atoms with Gasteiger partial charge >= 0.3 is 0 Å². The molecule has 3 rings (SSSR count). The summed E-state index contributed by atoms with van der Waals surface area (Å²) < 4.78 is 0. The number of piperidine rings is 1. The van der Waals surface area contributed by atoms with E-state index >= 15 is 0 Å². The van der Waals surface area contributed by atoms with E-state index in [2.05, 4.69) is 43.1 Å². The largest absolute Gasteiger partial charge is 0.340 e. The third-order valence-electron chi connectivity index (χ3n) is 6.70. The van der Waals surface area contributed by atoms with Crippen LogP contribution in [0, 0.1) is 0 Å². The molecule has 0 unspecified atom stereocenters. The Bertz CT molecular complexity index is 729. The first-order chi connectivity index (χ1) is 15.3. The molecule has 0 bridgehead atoms. The lowest BCUT2D eigenvalue weighted by Crippen LogP contribution is -2.47. The van der Waals surface area contributed by atoms with Crippen molar-refractivity contribution in [3.05, 3.63) is 35.4 Å². The van der Waals surface area contributed by atoms with Gasteiger partial charge in [0.05, 0.1) is 0 Å². The van der Waals surface area contributed by atoms with E-state index in [1.54, 1.807) is 0 Å². The summed E-state index contributed by atoms with van der Waals surface area (Å²) in [4.78, 5) is 32.4. The van der Waals surface area contributed by atoms with Crippen LogP contribution in [0.15, 0.2) is 24.3 Å². The summed E-state index contributed by atoms with van der Waals surface area (Å²) in [5, 5.41) is 3.29. The van der Waals surface area contributed by atoms with E-state index in [1.165, 1.54) is 37.9 Å². The Labute approximate surface area is 194 Å². The van der Waals surface area contributed by atoms with Gasteiger partial charge in [0.25, 0.3) is 5.91 Å². The van der Waals surface area contributed by atoms with Gasteiger partial charge in [0, 0.05) is 51.3 Å². The number of carbonyl (C=O) groups is 2. The summed E-state index contributed by atoms with van der Waals surface area (Å²) >= 11 is 0. The zero-order valence-electron chi connectivity index (χ0n) is 20.4. The van der Waals surface area contributed by atoms with Crippen molar-refractivity contribution in [2.24, 2.45) is 0 Å². The first-order valence-electron chi connectivity index (χ1n) is 12.5. The van der Waals surface area contributed by atoms with Crippen molar-refractivity contribution in [1.82, 2.24) is 20.0 Å². The van der Waals surface area contributed by atoms with Gasteiger partial charge in [0.15, 0.2) is 0 Å². The lowest BCUT2D eigenvalue weighted by molar-refractivity contribution is -0.131. The van der Waals surface area contributed by atoms with Crippen molar-refractivity contribution in [2.45, 2.75) is 58.3 Å². The Morgan fingerprint density at radius 3 is 2.22 bits per heavy atom. The van der Waals surface area contributed by atoms with Gasteiger partial charge in [-0.2, -0.15) is 0 Å². The highest BCUT2D eigenvalue weighted by atomic mass is 16.2. The summed E-state index contributed by atoms with van der Waals surface area (Å²) in [6, 6.07) is 8.01. The molecule has 0 aromatic heterocycles. The molecule has 6 nitrogen and oxygen atoms in total.